The second kappa shape index (κ2) is 4.58. The Kier molecular flexibility index (Phi) is 3.16. The molecule has 16 heavy (non-hydrogen) atoms. The standard InChI is InChI=1S/C8H5ClN4O2S/c1-4-12-13-8(15-4)16-7-5(2-14)6(9)10-3-11-7/h2-3H,1H3. The van der Waals surface area contributed by atoms with Crippen LogP contribution >= 0.6 is 23.4 Å². The summed E-state index contributed by atoms with van der Waals surface area (Å²) in [5, 5.41) is 8.22. The molecule has 2 aromatic rings. The molecule has 0 aliphatic rings. The van der Waals surface area contributed by atoms with Crippen molar-refractivity contribution in [3.63, 3.8) is 0 Å². The molecule has 6 nitrogen and oxygen atoms in total. The minimum absolute atomic E-state index is 0.101. The van der Waals surface area contributed by atoms with Crippen LogP contribution < -0.4 is 0 Å². The number of hydrogen-bond donors (Lipinski definition) is 0. The van der Waals surface area contributed by atoms with E-state index in [1.54, 1.807) is 6.92 Å². The number of aryl methyl sites for hydroxylation is 1. The average molecular weight is 257 g/mol. The zero-order valence-electron chi connectivity index (χ0n) is 8.05. The SMILES string of the molecule is Cc1nnc(Sc2ncnc(Cl)c2C=O)o1. The first-order valence-corrected chi connectivity index (χ1v) is 5.34. The molecular weight excluding hydrogens is 252 g/mol. The maximum Gasteiger partial charge on any atom is 0.282 e. The van der Waals surface area contributed by atoms with E-state index in [0.29, 0.717) is 22.4 Å². The molecule has 0 saturated heterocycles. The van der Waals surface area contributed by atoms with Crippen LogP contribution in [0.3, 0.4) is 0 Å². The van der Waals surface area contributed by atoms with Gasteiger partial charge in [-0.2, -0.15) is 0 Å². The Morgan fingerprint density at radius 3 is 2.88 bits per heavy atom. The lowest BCUT2D eigenvalue weighted by Gasteiger charge is -1.99. The minimum Gasteiger partial charge on any atom is -0.416 e. The number of nitrogens with zero attached hydrogens (tertiary/aromatic N) is 4. The van der Waals surface area contributed by atoms with Crippen molar-refractivity contribution < 1.29 is 9.21 Å². The number of aromatic nitrogens is 4. The second-order valence-corrected chi connectivity index (χ2v) is 3.99. The van der Waals surface area contributed by atoms with Crippen molar-refractivity contribution in [2.24, 2.45) is 0 Å². The van der Waals surface area contributed by atoms with E-state index in [-0.39, 0.29) is 10.7 Å². The molecule has 0 aliphatic heterocycles. The van der Waals surface area contributed by atoms with Gasteiger partial charge in [-0.25, -0.2) is 9.97 Å². The highest BCUT2D eigenvalue weighted by atomic mass is 35.5. The average Bonchev–Trinajstić information content (AvgIpc) is 2.64. The molecule has 0 radical (unpaired) electrons. The maximum atomic E-state index is 10.8. The highest BCUT2D eigenvalue weighted by molar-refractivity contribution is 7.99. The number of aldehydes is 1. The second-order valence-electron chi connectivity index (χ2n) is 2.69. The van der Waals surface area contributed by atoms with Gasteiger partial charge < -0.3 is 4.42 Å². The van der Waals surface area contributed by atoms with Crippen LogP contribution in [0.4, 0.5) is 0 Å². The molecular formula is C8H5ClN4O2S. The maximum absolute atomic E-state index is 10.8. The van der Waals surface area contributed by atoms with Gasteiger partial charge >= 0.3 is 0 Å². The van der Waals surface area contributed by atoms with Crippen molar-refractivity contribution >= 4 is 29.6 Å². The lowest BCUT2D eigenvalue weighted by atomic mass is 10.4. The third-order valence-electron chi connectivity index (χ3n) is 1.61. The summed E-state index contributed by atoms with van der Waals surface area (Å²) in [6, 6.07) is 0. The summed E-state index contributed by atoms with van der Waals surface area (Å²) in [6.45, 7) is 1.67. The van der Waals surface area contributed by atoms with Crippen molar-refractivity contribution in [2.45, 2.75) is 17.2 Å². The lowest BCUT2D eigenvalue weighted by molar-refractivity contribution is 0.112. The van der Waals surface area contributed by atoms with Gasteiger partial charge in [-0.05, 0) is 11.8 Å². The van der Waals surface area contributed by atoms with Crippen LogP contribution in [0.5, 0.6) is 0 Å². The third-order valence-corrected chi connectivity index (χ3v) is 2.77. The molecule has 2 rings (SSSR count). The molecule has 0 fully saturated rings. The smallest absolute Gasteiger partial charge is 0.282 e. The van der Waals surface area contributed by atoms with E-state index in [1.165, 1.54) is 6.33 Å². The molecule has 82 valence electrons. The van der Waals surface area contributed by atoms with E-state index in [9.17, 15) is 4.79 Å². The topological polar surface area (TPSA) is 81.8 Å². The van der Waals surface area contributed by atoms with Crippen molar-refractivity contribution in [1.29, 1.82) is 0 Å². The molecule has 0 aromatic carbocycles. The number of hydrogen-bond acceptors (Lipinski definition) is 7. The first-order chi connectivity index (χ1) is 7.70. The largest absolute Gasteiger partial charge is 0.416 e. The molecule has 0 unspecified atom stereocenters. The summed E-state index contributed by atoms with van der Waals surface area (Å²) < 4.78 is 5.15. The Bertz CT molecular complexity index is 531. The predicted molar refractivity (Wildman–Crippen MR) is 55.6 cm³/mol. The number of carbonyl (C=O) groups excluding carboxylic acids is 1. The highest BCUT2D eigenvalue weighted by Gasteiger charge is 2.13. The van der Waals surface area contributed by atoms with Crippen molar-refractivity contribution in [2.75, 3.05) is 0 Å². The Labute approximate surface area is 99.4 Å². The summed E-state index contributed by atoms with van der Waals surface area (Å²) >= 11 is 6.81. The number of carbonyl (C=O) groups is 1. The molecule has 0 N–H and O–H groups in total. The fourth-order valence-electron chi connectivity index (χ4n) is 0.942. The molecule has 0 bridgehead atoms. The first-order valence-electron chi connectivity index (χ1n) is 4.14. The monoisotopic (exact) mass is 256 g/mol. The predicted octanol–water partition coefficient (Wildman–Crippen LogP) is 1.79. The fraction of sp³-hybridized carbons (Fsp3) is 0.125. The Morgan fingerprint density at radius 1 is 1.44 bits per heavy atom. The van der Waals surface area contributed by atoms with Crippen LogP contribution in [0.15, 0.2) is 21.0 Å². The van der Waals surface area contributed by atoms with Gasteiger partial charge in [0.1, 0.15) is 16.5 Å². The van der Waals surface area contributed by atoms with Crippen LogP contribution in [0.1, 0.15) is 16.2 Å². The van der Waals surface area contributed by atoms with Crippen LogP contribution in [-0.2, 0) is 0 Å². The first kappa shape index (κ1) is 11.0. The van der Waals surface area contributed by atoms with Gasteiger partial charge in [0.2, 0.25) is 5.89 Å². The van der Waals surface area contributed by atoms with E-state index < -0.39 is 0 Å². The van der Waals surface area contributed by atoms with Gasteiger partial charge in [0.05, 0.1) is 5.56 Å². The zero-order chi connectivity index (χ0) is 11.5. The molecule has 0 aliphatic carbocycles. The van der Waals surface area contributed by atoms with Gasteiger partial charge in [-0.1, -0.05) is 11.6 Å². The van der Waals surface area contributed by atoms with E-state index in [1.807, 2.05) is 0 Å². The van der Waals surface area contributed by atoms with Crippen LogP contribution in [0.25, 0.3) is 0 Å². The summed E-state index contributed by atoms with van der Waals surface area (Å²) in [5.74, 6) is 0.440. The quantitative estimate of drug-likeness (QED) is 0.611. The van der Waals surface area contributed by atoms with Gasteiger partial charge in [-0.3, -0.25) is 4.79 Å². The molecule has 0 saturated carbocycles. The lowest BCUT2D eigenvalue weighted by Crippen LogP contribution is -1.93. The van der Waals surface area contributed by atoms with Gasteiger partial charge in [0, 0.05) is 6.92 Å². The Balaban J connectivity index is 2.34. The van der Waals surface area contributed by atoms with E-state index in [4.69, 9.17) is 16.0 Å². The van der Waals surface area contributed by atoms with E-state index in [0.717, 1.165) is 11.8 Å². The third kappa shape index (κ3) is 2.20. The van der Waals surface area contributed by atoms with Crippen LogP contribution in [0.2, 0.25) is 5.15 Å². The minimum atomic E-state index is 0.101. The van der Waals surface area contributed by atoms with Gasteiger partial charge in [0.15, 0.2) is 6.29 Å². The summed E-state index contributed by atoms with van der Waals surface area (Å²) in [4.78, 5) is 18.4. The van der Waals surface area contributed by atoms with Crippen molar-refractivity contribution in [1.82, 2.24) is 20.2 Å². The molecule has 2 aromatic heterocycles. The highest BCUT2D eigenvalue weighted by Crippen LogP contribution is 2.28. The molecule has 2 heterocycles. The molecule has 0 spiro atoms. The Morgan fingerprint density at radius 2 is 2.25 bits per heavy atom. The van der Waals surface area contributed by atoms with Crippen molar-refractivity contribution in [3.05, 3.63) is 22.9 Å². The van der Waals surface area contributed by atoms with E-state index in [2.05, 4.69) is 20.2 Å². The van der Waals surface area contributed by atoms with Crippen LogP contribution in [-0.4, -0.2) is 26.5 Å². The Hall–Kier alpha value is -1.47. The summed E-state index contributed by atoms with van der Waals surface area (Å²) in [5.41, 5.74) is 0.213. The van der Waals surface area contributed by atoms with Gasteiger partial charge in [-0.15, -0.1) is 10.2 Å². The zero-order valence-corrected chi connectivity index (χ0v) is 9.62. The normalized spacial score (nSPS) is 10.4. The number of rotatable bonds is 3. The van der Waals surface area contributed by atoms with Crippen molar-refractivity contribution in [3.8, 4) is 0 Å². The molecule has 0 amide bonds. The summed E-state index contributed by atoms with van der Waals surface area (Å²) in [7, 11) is 0. The number of halogens is 1. The molecule has 0 atom stereocenters. The van der Waals surface area contributed by atoms with Gasteiger partial charge in [0.25, 0.3) is 5.22 Å². The van der Waals surface area contributed by atoms with E-state index >= 15 is 0 Å². The van der Waals surface area contributed by atoms with Crippen LogP contribution in [0, 0.1) is 6.92 Å². The summed E-state index contributed by atoms with van der Waals surface area (Å²) in [6.07, 6.45) is 1.86. The molecule has 8 heteroatoms. The fourth-order valence-corrected chi connectivity index (χ4v) is 1.94.